The van der Waals surface area contributed by atoms with E-state index < -0.39 is 0 Å². The molecule has 0 saturated heterocycles. The minimum absolute atomic E-state index is 0.0528. The molecule has 1 saturated carbocycles. The quantitative estimate of drug-likeness (QED) is 0.860. The zero-order valence-corrected chi connectivity index (χ0v) is 13.6. The Hall–Kier alpha value is -0.680. The maximum absolute atomic E-state index is 5.56. The Kier molecular flexibility index (Phi) is 4.79. The van der Waals surface area contributed by atoms with Gasteiger partial charge in [-0.05, 0) is 41.6 Å². The molecule has 1 aliphatic rings. The van der Waals surface area contributed by atoms with Crippen molar-refractivity contribution in [2.24, 2.45) is 5.92 Å². The number of hydrogen-bond donors (Lipinski definition) is 1. The molecule has 1 aromatic rings. The molecule has 1 aromatic heterocycles. The van der Waals surface area contributed by atoms with Crippen LogP contribution in [-0.2, 0) is 4.74 Å². The third-order valence-corrected chi connectivity index (χ3v) is 4.10. The maximum atomic E-state index is 5.56. The van der Waals surface area contributed by atoms with Gasteiger partial charge in [-0.3, -0.25) is 0 Å². The van der Waals surface area contributed by atoms with E-state index >= 15 is 0 Å². The first kappa shape index (κ1) is 14.7. The first-order valence-electron chi connectivity index (χ1n) is 6.92. The van der Waals surface area contributed by atoms with Gasteiger partial charge in [-0.2, -0.15) is 0 Å². The van der Waals surface area contributed by atoms with Crippen LogP contribution in [0.3, 0.4) is 0 Å². The molecule has 5 heteroatoms. The van der Waals surface area contributed by atoms with E-state index in [1.54, 1.807) is 7.11 Å². The molecule has 0 radical (unpaired) electrons. The highest BCUT2D eigenvalue weighted by Crippen LogP contribution is 2.44. The van der Waals surface area contributed by atoms with Gasteiger partial charge < -0.3 is 10.1 Å². The highest BCUT2D eigenvalue weighted by molar-refractivity contribution is 9.10. The number of rotatable bonds is 6. The molecule has 2 rings (SSSR count). The molecule has 1 fully saturated rings. The topological polar surface area (TPSA) is 47.0 Å². The van der Waals surface area contributed by atoms with Crippen LogP contribution in [-0.4, -0.2) is 23.6 Å². The highest BCUT2D eigenvalue weighted by atomic mass is 79.9. The molecule has 106 valence electrons. The molecule has 1 aliphatic carbocycles. The molecular formula is C14H22BrN3O. The summed E-state index contributed by atoms with van der Waals surface area (Å²) in [7, 11) is 1.72. The van der Waals surface area contributed by atoms with Crippen molar-refractivity contribution < 1.29 is 4.74 Å². The summed E-state index contributed by atoms with van der Waals surface area (Å²) < 4.78 is 6.57. The molecule has 0 aliphatic heterocycles. The summed E-state index contributed by atoms with van der Waals surface area (Å²) in [5.74, 6) is 2.61. The van der Waals surface area contributed by atoms with Crippen molar-refractivity contribution in [2.75, 3.05) is 19.0 Å². The standard InChI is InChI=1S/C14H22BrN3O/c1-5-16-13-10(15)11(9-6-7-9)17-14(18-13)12(19-4)8(2)3/h8-9,12H,5-7H2,1-4H3,(H,16,17,18). The number of hydrogen-bond acceptors (Lipinski definition) is 4. The van der Waals surface area contributed by atoms with Crippen molar-refractivity contribution in [1.29, 1.82) is 0 Å². The van der Waals surface area contributed by atoms with Crippen molar-refractivity contribution >= 4 is 21.7 Å². The van der Waals surface area contributed by atoms with Crippen LogP contribution < -0.4 is 5.32 Å². The Morgan fingerprint density at radius 3 is 2.53 bits per heavy atom. The smallest absolute Gasteiger partial charge is 0.160 e. The van der Waals surface area contributed by atoms with E-state index in [9.17, 15) is 0 Å². The van der Waals surface area contributed by atoms with E-state index in [1.165, 1.54) is 12.8 Å². The molecule has 19 heavy (non-hydrogen) atoms. The number of ether oxygens (including phenoxy) is 1. The summed E-state index contributed by atoms with van der Waals surface area (Å²) in [6, 6.07) is 0. The summed E-state index contributed by atoms with van der Waals surface area (Å²) >= 11 is 3.64. The van der Waals surface area contributed by atoms with Crippen molar-refractivity contribution in [3.05, 3.63) is 16.0 Å². The van der Waals surface area contributed by atoms with Crippen LogP contribution in [0.4, 0.5) is 5.82 Å². The molecule has 0 bridgehead atoms. The van der Waals surface area contributed by atoms with E-state index in [-0.39, 0.29) is 6.10 Å². The fourth-order valence-corrected chi connectivity index (χ4v) is 2.84. The Morgan fingerprint density at radius 2 is 2.05 bits per heavy atom. The average Bonchev–Trinajstić information content (AvgIpc) is 3.17. The lowest BCUT2D eigenvalue weighted by atomic mass is 10.1. The fourth-order valence-electron chi connectivity index (χ4n) is 2.20. The minimum atomic E-state index is -0.0528. The van der Waals surface area contributed by atoms with Gasteiger partial charge in [-0.25, -0.2) is 9.97 Å². The van der Waals surface area contributed by atoms with Crippen molar-refractivity contribution in [3.8, 4) is 0 Å². The zero-order valence-electron chi connectivity index (χ0n) is 12.0. The summed E-state index contributed by atoms with van der Waals surface area (Å²) in [5.41, 5.74) is 1.13. The second-order valence-electron chi connectivity index (χ2n) is 5.33. The van der Waals surface area contributed by atoms with Gasteiger partial charge in [0.2, 0.25) is 0 Å². The predicted molar refractivity (Wildman–Crippen MR) is 80.5 cm³/mol. The van der Waals surface area contributed by atoms with Gasteiger partial charge in [0.15, 0.2) is 5.82 Å². The second-order valence-corrected chi connectivity index (χ2v) is 6.13. The highest BCUT2D eigenvalue weighted by Gasteiger charge is 2.31. The van der Waals surface area contributed by atoms with Crippen LogP contribution in [0.2, 0.25) is 0 Å². The second kappa shape index (κ2) is 6.18. The first-order chi connectivity index (χ1) is 9.08. The summed E-state index contributed by atoms with van der Waals surface area (Å²) in [6.45, 7) is 7.17. The number of methoxy groups -OCH3 is 1. The van der Waals surface area contributed by atoms with E-state index in [4.69, 9.17) is 9.72 Å². The lowest BCUT2D eigenvalue weighted by Gasteiger charge is -2.20. The van der Waals surface area contributed by atoms with Gasteiger partial charge in [0.25, 0.3) is 0 Å². The van der Waals surface area contributed by atoms with Gasteiger partial charge in [0.05, 0.1) is 10.2 Å². The van der Waals surface area contributed by atoms with Crippen molar-refractivity contribution in [3.63, 3.8) is 0 Å². The maximum Gasteiger partial charge on any atom is 0.160 e. The monoisotopic (exact) mass is 327 g/mol. The van der Waals surface area contributed by atoms with Gasteiger partial charge in [0, 0.05) is 19.6 Å². The molecule has 1 atom stereocenters. The van der Waals surface area contributed by atoms with Gasteiger partial charge in [-0.15, -0.1) is 0 Å². The van der Waals surface area contributed by atoms with E-state index in [0.717, 1.165) is 28.4 Å². The molecule has 4 nitrogen and oxygen atoms in total. The molecule has 0 aromatic carbocycles. The summed E-state index contributed by atoms with van der Waals surface area (Å²) in [5, 5.41) is 3.30. The Morgan fingerprint density at radius 1 is 1.37 bits per heavy atom. The predicted octanol–water partition coefficient (Wildman–Crippen LogP) is 3.89. The lowest BCUT2D eigenvalue weighted by molar-refractivity contribution is 0.0573. The third-order valence-electron chi connectivity index (χ3n) is 3.32. The Bertz CT molecular complexity index is 447. The largest absolute Gasteiger partial charge is 0.373 e. The van der Waals surface area contributed by atoms with Crippen molar-refractivity contribution in [1.82, 2.24) is 9.97 Å². The molecule has 1 heterocycles. The van der Waals surface area contributed by atoms with Crippen LogP contribution in [0, 0.1) is 5.92 Å². The SMILES string of the molecule is CCNc1nc(C(OC)C(C)C)nc(C2CC2)c1Br. The van der Waals surface area contributed by atoms with Gasteiger partial charge in [-0.1, -0.05) is 13.8 Å². The molecule has 0 amide bonds. The van der Waals surface area contributed by atoms with E-state index in [0.29, 0.717) is 11.8 Å². The number of nitrogens with one attached hydrogen (secondary N) is 1. The average molecular weight is 328 g/mol. The minimum Gasteiger partial charge on any atom is -0.373 e. The fraction of sp³-hybridized carbons (Fsp3) is 0.714. The molecule has 1 unspecified atom stereocenters. The van der Waals surface area contributed by atoms with E-state index in [2.05, 4.69) is 47.0 Å². The molecule has 0 spiro atoms. The molecule has 1 N–H and O–H groups in total. The van der Waals surface area contributed by atoms with Crippen LogP contribution in [0.5, 0.6) is 0 Å². The normalized spacial score (nSPS) is 16.7. The van der Waals surface area contributed by atoms with Gasteiger partial charge >= 0.3 is 0 Å². The Balaban J connectivity index is 2.42. The summed E-state index contributed by atoms with van der Waals surface area (Å²) in [4.78, 5) is 9.38. The number of aromatic nitrogens is 2. The number of anilines is 1. The first-order valence-corrected chi connectivity index (χ1v) is 7.71. The number of halogens is 1. The zero-order chi connectivity index (χ0) is 14.0. The number of nitrogens with zero attached hydrogens (tertiary/aromatic N) is 2. The Labute approximate surface area is 123 Å². The van der Waals surface area contributed by atoms with Crippen LogP contribution in [0.15, 0.2) is 4.47 Å². The van der Waals surface area contributed by atoms with Crippen LogP contribution >= 0.6 is 15.9 Å². The van der Waals surface area contributed by atoms with Crippen LogP contribution in [0.1, 0.15) is 57.2 Å². The van der Waals surface area contributed by atoms with E-state index in [1.807, 2.05) is 0 Å². The van der Waals surface area contributed by atoms with Crippen LogP contribution in [0.25, 0.3) is 0 Å². The summed E-state index contributed by atoms with van der Waals surface area (Å²) in [6.07, 6.45) is 2.39. The third kappa shape index (κ3) is 3.26. The molecular weight excluding hydrogens is 306 g/mol. The van der Waals surface area contributed by atoms with Gasteiger partial charge in [0.1, 0.15) is 11.9 Å². The van der Waals surface area contributed by atoms with Crippen molar-refractivity contribution in [2.45, 2.75) is 45.6 Å². The lowest BCUT2D eigenvalue weighted by Crippen LogP contribution is -2.16.